The van der Waals surface area contributed by atoms with Gasteiger partial charge < -0.3 is 10.2 Å². The molecule has 0 bridgehead atoms. The molecule has 140 valence electrons. The van der Waals surface area contributed by atoms with Crippen LogP contribution in [0.25, 0.3) is 11.1 Å². The van der Waals surface area contributed by atoms with Crippen molar-refractivity contribution < 1.29 is 4.79 Å². The van der Waals surface area contributed by atoms with Crippen molar-refractivity contribution in [3.63, 3.8) is 0 Å². The van der Waals surface area contributed by atoms with Crippen molar-refractivity contribution in [3.8, 4) is 17.2 Å². The molecule has 0 aliphatic heterocycles. The van der Waals surface area contributed by atoms with Crippen LogP contribution in [0.3, 0.4) is 0 Å². The molecule has 3 aromatic rings. The van der Waals surface area contributed by atoms with Crippen molar-refractivity contribution in [3.05, 3.63) is 95.6 Å². The summed E-state index contributed by atoms with van der Waals surface area (Å²) in [6.45, 7) is 0.490. The minimum absolute atomic E-state index is 0.0729. The Morgan fingerprint density at radius 1 is 0.929 bits per heavy atom. The number of amides is 1. The Hall–Kier alpha value is -3.42. The van der Waals surface area contributed by atoms with Crippen LogP contribution in [0.1, 0.15) is 27.5 Å². The fourth-order valence-corrected chi connectivity index (χ4v) is 3.29. The van der Waals surface area contributed by atoms with E-state index in [1.807, 2.05) is 68.7 Å². The third kappa shape index (κ3) is 4.28. The molecule has 0 heterocycles. The lowest BCUT2D eigenvalue weighted by molar-refractivity contribution is 0.0942. The molecular formula is C24H23N3O. The lowest BCUT2D eigenvalue weighted by Gasteiger charge is -2.25. The van der Waals surface area contributed by atoms with Gasteiger partial charge in [-0.05, 0) is 37.4 Å². The van der Waals surface area contributed by atoms with Gasteiger partial charge in [-0.1, -0.05) is 66.7 Å². The Balaban J connectivity index is 1.85. The first-order valence-corrected chi connectivity index (χ1v) is 9.20. The SMILES string of the molecule is CN(C)C(CNC(=O)c1ccccc1-c1ccccc1C#N)c1ccccc1. The van der Waals surface area contributed by atoms with Gasteiger partial charge >= 0.3 is 0 Å². The number of nitrogens with one attached hydrogen (secondary N) is 1. The maximum Gasteiger partial charge on any atom is 0.251 e. The van der Waals surface area contributed by atoms with Crippen LogP contribution in [-0.4, -0.2) is 31.4 Å². The average Bonchev–Trinajstić information content (AvgIpc) is 2.74. The quantitative estimate of drug-likeness (QED) is 0.706. The van der Waals surface area contributed by atoms with E-state index in [-0.39, 0.29) is 11.9 Å². The van der Waals surface area contributed by atoms with Crippen molar-refractivity contribution in [2.75, 3.05) is 20.6 Å². The molecule has 4 nitrogen and oxygen atoms in total. The largest absolute Gasteiger partial charge is 0.350 e. The normalized spacial score (nSPS) is 11.6. The van der Waals surface area contributed by atoms with Crippen LogP contribution in [0.15, 0.2) is 78.9 Å². The zero-order valence-corrected chi connectivity index (χ0v) is 16.1. The van der Waals surface area contributed by atoms with Crippen LogP contribution in [0, 0.1) is 11.3 Å². The Morgan fingerprint density at radius 2 is 1.54 bits per heavy atom. The standard InChI is InChI=1S/C24H23N3O/c1-27(2)23(18-10-4-3-5-11-18)17-26-24(28)22-15-9-8-14-21(22)20-13-7-6-12-19(20)16-25/h3-15,23H,17H2,1-2H3,(H,26,28). The summed E-state index contributed by atoms with van der Waals surface area (Å²) in [7, 11) is 4.00. The number of carbonyl (C=O) groups is 1. The van der Waals surface area contributed by atoms with Crippen molar-refractivity contribution in [1.29, 1.82) is 5.26 Å². The highest BCUT2D eigenvalue weighted by molar-refractivity contribution is 6.01. The van der Waals surface area contributed by atoms with Crippen LogP contribution < -0.4 is 5.32 Å². The summed E-state index contributed by atoms with van der Waals surface area (Å²) >= 11 is 0. The van der Waals surface area contributed by atoms with E-state index < -0.39 is 0 Å². The van der Waals surface area contributed by atoms with Gasteiger partial charge in [-0.15, -0.1) is 0 Å². The third-order valence-electron chi connectivity index (χ3n) is 4.77. The summed E-state index contributed by atoms with van der Waals surface area (Å²) in [6.07, 6.45) is 0. The molecule has 3 rings (SSSR count). The maximum absolute atomic E-state index is 13.0. The number of benzene rings is 3. The molecule has 0 spiro atoms. The third-order valence-corrected chi connectivity index (χ3v) is 4.77. The van der Waals surface area contributed by atoms with Crippen molar-refractivity contribution in [2.24, 2.45) is 0 Å². The fraction of sp³-hybridized carbons (Fsp3) is 0.167. The number of nitrogens with zero attached hydrogens (tertiary/aromatic N) is 2. The Kier molecular flexibility index (Phi) is 6.21. The second-order valence-electron chi connectivity index (χ2n) is 6.80. The van der Waals surface area contributed by atoms with Gasteiger partial charge in [0.25, 0.3) is 5.91 Å². The number of nitriles is 1. The zero-order valence-electron chi connectivity index (χ0n) is 16.1. The molecule has 0 aromatic heterocycles. The van der Waals surface area contributed by atoms with Gasteiger partial charge in [-0.3, -0.25) is 4.79 Å². The molecule has 0 saturated carbocycles. The highest BCUT2D eigenvalue weighted by Crippen LogP contribution is 2.27. The predicted molar refractivity (Wildman–Crippen MR) is 112 cm³/mol. The second kappa shape index (κ2) is 8.98. The van der Waals surface area contributed by atoms with Crippen LogP contribution in [0.4, 0.5) is 0 Å². The molecular weight excluding hydrogens is 346 g/mol. The van der Waals surface area contributed by atoms with Crippen LogP contribution in [0.5, 0.6) is 0 Å². The molecule has 0 radical (unpaired) electrons. The first-order valence-electron chi connectivity index (χ1n) is 9.20. The summed E-state index contributed by atoms with van der Waals surface area (Å²) in [4.78, 5) is 15.1. The highest BCUT2D eigenvalue weighted by atomic mass is 16.1. The molecule has 0 fully saturated rings. The first kappa shape index (κ1) is 19.3. The minimum Gasteiger partial charge on any atom is -0.350 e. The summed E-state index contributed by atoms with van der Waals surface area (Å²) < 4.78 is 0. The van der Waals surface area contributed by atoms with E-state index in [0.29, 0.717) is 17.7 Å². The molecule has 3 aromatic carbocycles. The number of hydrogen-bond donors (Lipinski definition) is 1. The summed E-state index contributed by atoms with van der Waals surface area (Å²) in [5, 5.41) is 12.5. The van der Waals surface area contributed by atoms with Gasteiger partial charge in [-0.2, -0.15) is 5.26 Å². The summed E-state index contributed by atoms with van der Waals surface area (Å²) in [6, 6.07) is 27.1. The molecule has 1 atom stereocenters. The molecule has 1 amide bonds. The molecule has 1 N–H and O–H groups in total. The molecule has 4 heteroatoms. The summed E-state index contributed by atoms with van der Waals surface area (Å²) in [5.74, 6) is -0.147. The van der Waals surface area contributed by atoms with Gasteiger partial charge in [0.2, 0.25) is 0 Å². The number of likely N-dealkylation sites (N-methyl/N-ethyl adjacent to an activating group) is 1. The zero-order chi connectivity index (χ0) is 19.9. The Labute approximate surface area is 166 Å². The van der Waals surface area contributed by atoms with E-state index in [9.17, 15) is 10.1 Å². The lowest BCUT2D eigenvalue weighted by Crippen LogP contribution is -2.34. The van der Waals surface area contributed by atoms with Gasteiger partial charge in [-0.25, -0.2) is 0 Å². The van der Waals surface area contributed by atoms with E-state index in [1.54, 1.807) is 12.1 Å². The molecule has 0 aliphatic carbocycles. The fourth-order valence-electron chi connectivity index (χ4n) is 3.29. The molecule has 28 heavy (non-hydrogen) atoms. The number of rotatable bonds is 6. The molecule has 0 aliphatic rings. The van der Waals surface area contributed by atoms with E-state index >= 15 is 0 Å². The van der Waals surface area contributed by atoms with Gasteiger partial charge in [0, 0.05) is 17.7 Å². The lowest BCUT2D eigenvalue weighted by atomic mass is 9.95. The van der Waals surface area contributed by atoms with Crippen LogP contribution in [0.2, 0.25) is 0 Å². The van der Waals surface area contributed by atoms with Crippen LogP contribution >= 0.6 is 0 Å². The van der Waals surface area contributed by atoms with E-state index in [2.05, 4.69) is 28.4 Å². The van der Waals surface area contributed by atoms with E-state index in [4.69, 9.17) is 0 Å². The molecule has 0 saturated heterocycles. The Morgan fingerprint density at radius 3 is 2.21 bits per heavy atom. The second-order valence-corrected chi connectivity index (χ2v) is 6.80. The number of hydrogen-bond acceptors (Lipinski definition) is 3. The predicted octanol–water partition coefficient (Wildman–Crippen LogP) is 4.26. The number of carbonyl (C=O) groups excluding carboxylic acids is 1. The van der Waals surface area contributed by atoms with Crippen molar-refractivity contribution >= 4 is 5.91 Å². The Bertz CT molecular complexity index is 990. The topological polar surface area (TPSA) is 56.1 Å². The highest BCUT2D eigenvalue weighted by Gasteiger charge is 2.18. The van der Waals surface area contributed by atoms with E-state index in [0.717, 1.165) is 16.7 Å². The van der Waals surface area contributed by atoms with E-state index in [1.165, 1.54) is 0 Å². The van der Waals surface area contributed by atoms with Gasteiger partial charge in [0.15, 0.2) is 0 Å². The van der Waals surface area contributed by atoms with Gasteiger partial charge in [0.05, 0.1) is 17.7 Å². The minimum atomic E-state index is -0.147. The first-order chi connectivity index (χ1) is 13.6. The van der Waals surface area contributed by atoms with Crippen LogP contribution in [-0.2, 0) is 0 Å². The average molecular weight is 369 g/mol. The van der Waals surface area contributed by atoms with Gasteiger partial charge in [0.1, 0.15) is 0 Å². The monoisotopic (exact) mass is 369 g/mol. The smallest absolute Gasteiger partial charge is 0.251 e. The maximum atomic E-state index is 13.0. The molecule has 1 unspecified atom stereocenters. The summed E-state index contributed by atoms with van der Waals surface area (Å²) in [5.41, 5.74) is 3.80. The van der Waals surface area contributed by atoms with Crippen molar-refractivity contribution in [1.82, 2.24) is 10.2 Å². The van der Waals surface area contributed by atoms with Crippen molar-refractivity contribution in [2.45, 2.75) is 6.04 Å².